The van der Waals surface area contributed by atoms with E-state index < -0.39 is 0 Å². The molecule has 4 heteroatoms. The van der Waals surface area contributed by atoms with Gasteiger partial charge in [0.15, 0.2) is 0 Å². The third kappa shape index (κ3) is 5.00. The van der Waals surface area contributed by atoms with Crippen LogP contribution in [0.4, 0.5) is 0 Å². The van der Waals surface area contributed by atoms with Crippen LogP contribution < -0.4 is 10.5 Å². The van der Waals surface area contributed by atoms with E-state index >= 15 is 0 Å². The van der Waals surface area contributed by atoms with Crippen LogP contribution in [0.15, 0.2) is 12.1 Å². The van der Waals surface area contributed by atoms with Crippen LogP contribution in [-0.2, 0) is 0 Å². The van der Waals surface area contributed by atoms with E-state index in [0.29, 0.717) is 17.5 Å². The lowest BCUT2D eigenvalue weighted by Crippen LogP contribution is -2.13. The van der Waals surface area contributed by atoms with E-state index in [1.165, 1.54) is 25.7 Å². The number of thiocarbonyl (C=S) groups is 1. The molecule has 0 aliphatic carbocycles. The van der Waals surface area contributed by atoms with Crippen molar-refractivity contribution in [1.82, 2.24) is 4.98 Å². The molecule has 18 heavy (non-hydrogen) atoms. The minimum atomic E-state index is 0.337. The fourth-order valence-corrected chi connectivity index (χ4v) is 1.86. The van der Waals surface area contributed by atoms with Gasteiger partial charge in [-0.15, -0.1) is 0 Å². The highest BCUT2D eigenvalue weighted by Crippen LogP contribution is 2.16. The zero-order chi connectivity index (χ0) is 13.4. The van der Waals surface area contributed by atoms with Gasteiger partial charge in [0, 0.05) is 5.69 Å². The predicted octanol–water partition coefficient (Wildman–Crippen LogP) is 3.37. The summed E-state index contributed by atoms with van der Waals surface area (Å²) in [5.41, 5.74) is 7.29. The molecule has 0 aliphatic rings. The van der Waals surface area contributed by atoms with Gasteiger partial charge in [0.25, 0.3) is 0 Å². The summed E-state index contributed by atoms with van der Waals surface area (Å²) in [6.45, 7) is 4.81. The van der Waals surface area contributed by atoms with Crippen LogP contribution in [0.25, 0.3) is 0 Å². The van der Waals surface area contributed by atoms with Crippen LogP contribution >= 0.6 is 12.2 Å². The Bertz CT molecular complexity index is 393. The van der Waals surface area contributed by atoms with Crippen molar-refractivity contribution < 1.29 is 4.74 Å². The van der Waals surface area contributed by atoms with Crippen LogP contribution in [0, 0.1) is 6.92 Å². The zero-order valence-electron chi connectivity index (χ0n) is 11.2. The van der Waals surface area contributed by atoms with E-state index in [2.05, 4.69) is 11.9 Å². The molecule has 2 N–H and O–H groups in total. The second-order valence-corrected chi connectivity index (χ2v) is 4.87. The molecule has 0 saturated heterocycles. The summed E-state index contributed by atoms with van der Waals surface area (Å²) in [6, 6.07) is 3.76. The molecule has 1 heterocycles. The Kier molecular flexibility index (Phi) is 6.65. The van der Waals surface area contributed by atoms with Crippen LogP contribution in [0.3, 0.4) is 0 Å². The molecule has 1 rings (SSSR count). The standard InChI is InChI=1S/C14H22N2OS/c1-3-4-5-6-7-10-17-14-12(13(15)18)9-8-11(2)16-14/h8-9H,3-7,10H2,1-2H3,(H2,15,18). The van der Waals surface area contributed by atoms with Crippen molar-refractivity contribution in [2.24, 2.45) is 5.73 Å². The molecule has 1 aromatic rings. The Morgan fingerprint density at radius 1 is 1.28 bits per heavy atom. The summed E-state index contributed by atoms with van der Waals surface area (Å²) in [7, 11) is 0. The van der Waals surface area contributed by atoms with Crippen LogP contribution in [0.5, 0.6) is 5.88 Å². The number of unbranched alkanes of at least 4 members (excludes halogenated alkanes) is 4. The summed E-state index contributed by atoms with van der Waals surface area (Å²) in [4.78, 5) is 4.68. The molecule has 1 aromatic heterocycles. The van der Waals surface area contributed by atoms with Crippen LogP contribution in [0.1, 0.15) is 50.3 Å². The van der Waals surface area contributed by atoms with E-state index in [0.717, 1.165) is 17.7 Å². The number of pyridine rings is 1. The van der Waals surface area contributed by atoms with Gasteiger partial charge in [-0.1, -0.05) is 44.8 Å². The maximum Gasteiger partial charge on any atom is 0.223 e. The molecular weight excluding hydrogens is 244 g/mol. The SMILES string of the molecule is CCCCCCCOc1nc(C)ccc1C(N)=S. The maximum absolute atomic E-state index is 5.68. The normalized spacial score (nSPS) is 10.3. The van der Waals surface area contributed by atoms with Crippen molar-refractivity contribution in [2.45, 2.75) is 46.0 Å². The molecule has 100 valence electrons. The first kappa shape index (κ1) is 14.9. The third-order valence-electron chi connectivity index (χ3n) is 2.75. The van der Waals surface area contributed by atoms with Gasteiger partial charge in [-0.2, -0.15) is 0 Å². The molecule has 0 spiro atoms. The molecule has 3 nitrogen and oxygen atoms in total. The maximum atomic E-state index is 5.68. The Balaban J connectivity index is 2.45. The third-order valence-corrected chi connectivity index (χ3v) is 2.97. The molecule has 0 bridgehead atoms. The summed E-state index contributed by atoms with van der Waals surface area (Å²) in [5, 5.41) is 0. The number of rotatable bonds is 8. The molecule has 0 unspecified atom stereocenters. The molecule has 0 saturated carbocycles. The van der Waals surface area contributed by atoms with Crippen molar-refractivity contribution in [3.63, 3.8) is 0 Å². The summed E-state index contributed by atoms with van der Waals surface area (Å²) < 4.78 is 5.68. The first-order chi connectivity index (χ1) is 8.65. The molecule has 0 aliphatic heterocycles. The second-order valence-electron chi connectivity index (χ2n) is 4.43. The van der Waals surface area contributed by atoms with Gasteiger partial charge >= 0.3 is 0 Å². The first-order valence-corrected chi connectivity index (χ1v) is 6.96. The van der Waals surface area contributed by atoms with Crippen molar-refractivity contribution in [3.05, 3.63) is 23.4 Å². The lowest BCUT2D eigenvalue weighted by Gasteiger charge is -2.10. The van der Waals surface area contributed by atoms with E-state index in [-0.39, 0.29) is 0 Å². The fraction of sp³-hybridized carbons (Fsp3) is 0.571. The highest BCUT2D eigenvalue weighted by atomic mass is 32.1. The number of hydrogen-bond donors (Lipinski definition) is 1. The fourth-order valence-electron chi connectivity index (χ4n) is 1.70. The Morgan fingerprint density at radius 2 is 2.00 bits per heavy atom. The molecule has 0 aromatic carbocycles. The molecular formula is C14H22N2OS. The Morgan fingerprint density at radius 3 is 2.67 bits per heavy atom. The number of hydrogen-bond acceptors (Lipinski definition) is 3. The topological polar surface area (TPSA) is 48.1 Å². The van der Waals surface area contributed by atoms with Crippen molar-refractivity contribution in [2.75, 3.05) is 6.61 Å². The minimum absolute atomic E-state index is 0.337. The van der Waals surface area contributed by atoms with Crippen LogP contribution in [0.2, 0.25) is 0 Å². The number of ether oxygens (including phenoxy) is 1. The van der Waals surface area contributed by atoms with E-state index in [1.807, 2.05) is 19.1 Å². The van der Waals surface area contributed by atoms with Gasteiger partial charge in [0.05, 0.1) is 12.2 Å². The smallest absolute Gasteiger partial charge is 0.223 e. The quantitative estimate of drug-likeness (QED) is 0.579. The van der Waals surface area contributed by atoms with Crippen molar-refractivity contribution in [1.29, 1.82) is 0 Å². The summed E-state index contributed by atoms with van der Waals surface area (Å²) >= 11 is 4.99. The average Bonchev–Trinajstić information content (AvgIpc) is 2.33. The lowest BCUT2D eigenvalue weighted by molar-refractivity contribution is 0.292. The van der Waals surface area contributed by atoms with Gasteiger partial charge in [0.2, 0.25) is 5.88 Å². The van der Waals surface area contributed by atoms with Gasteiger partial charge in [0.1, 0.15) is 4.99 Å². The second kappa shape index (κ2) is 8.03. The van der Waals surface area contributed by atoms with Crippen molar-refractivity contribution in [3.8, 4) is 5.88 Å². The monoisotopic (exact) mass is 266 g/mol. The van der Waals surface area contributed by atoms with Gasteiger partial charge in [-0.05, 0) is 25.5 Å². The highest BCUT2D eigenvalue weighted by molar-refractivity contribution is 7.80. The van der Waals surface area contributed by atoms with E-state index in [1.54, 1.807) is 0 Å². The number of aryl methyl sites for hydroxylation is 1. The summed E-state index contributed by atoms with van der Waals surface area (Å²) in [5.74, 6) is 0.568. The Labute approximate surface area is 115 Å². The van der Waals surface area contributed by atoms with E-state index in [9.17, 15) is 0 Å². The summed E-state index contributed by atoms with van der Waals surface area (Å²) in [6.07, 6.45) is 6.06. The number of nitrogens with zero attached hydrogens (tertiary/aromatic N) is 1. The molecule has 0 amide bonds. The van der Waals surface area contributed by atoms with Crippen molar-refractivity contribution >= 4 is 17.2 Å². The molecule has 0 radical (unpaired) electrons. The average molecular weight is 266 g/mol. The highest BCUT2D eigenvalue weighted by Gasteiger charge is 2.08. The Hall–Kier alpha value is -1.16. The number of nitrogens with two attached hydrogens (primary N) is 1. The predicted molar refractivity (Wildman–Crippen MR) is 79.1 cm³/mol. The first-order valence-electron chi connectivity index (χ1n) is 6.55. The van der Waals surface area contributed by atoms with Crippen LogP contribution in [-0.4, -0.2) is 16.6 Å². The largest absolute Gasteiger partial charge is 0.477 e. The van der Waals surface area contributed by atoms with Gasteiger partial charge < -0.3 is 10.5 Å². The van der Waals surface area contributed by atoms with E-state index in [4.69, 9.17) is 22.7 Å². The van der Waals surface area contributed by atoms with Gasteiger partial charge in [-0.3, -0.25) is 0 Å². The zero-order valence-corrected chi connectivity index (χ0v) is 12.1. The molecule has 0 atom stereocenters. The minimum Gasteiger partial charge on any atom is -0.477 e. The van der Waals surface area contributed by atoms with Gasteiger partial charge in [-0.25, -0.2) is 4.98 Å². The molecule has 0 fully saturated rings. The lowest BCUT2D eigenvalue weighted by atomic mass is 10.2. The number of aromatic nitrogens is 1.